The number of unbranched alkanes of at least 4 members (excludes halogenated alkanes) is 2. The molecule has 0 aliphatic heterocycles. The van der Waals surface area contributed by atoms with Crippen LogP contribution in [0.4, 0.5) is 5.69 Å². The van der Waals surface area contributed by atoms with Gasteiger partial charge < -0.3 is 10.1 Å². The maximum absolute atomic E-state index is 12.8. The predicted molar refractivity (Wildman–Crippen MR) is 126 cm³/mol. The number of aromatic nitrogens is 2. The molecule has 0 saturated carbocycles. The highest BCUT2D eigenvalue weighted by molar-refractivity contribution is 6.04. The molecule has 172 valence electrons. The van der Waals surface area contributed by atoms with Gasteiger partial charge in [0, 0.05) is 29.6 Å². The van der Waals surface area contributed by atoms with Crippen molar-refractivity contribution in [2.24, 2.45) is 0 Å². The van der Waals surface area contributed by atoms with Crippen LogP contribution in [0.3, 0.4) is 0 Å². The van der Waals surface area contributed by atoms with Crippen LogP contribution < -0.4 is 10.9 Å². The van der Waals surface area contributed by atoms with Crippen molar-refractivity contribution in [3.63, 3.8) is 0 Å². The SMILES string of the molecule is CCCCCn1nc(C(=O)OCC(=O)c2ccc(NC(=O)CC)cc2)c2ccccc2c1=O. The van der Waals surface area contributed by atoms with Gasteiger partial charge in [0.2, 0.25) is 5.91 Å². The van der Waals surface area contributed by atoms with Gasteiger partial charge in [-0.3, -0.25) is 14.4 Å². The largest absolute Gasteiger partial charge is 0.452 e. The van der Waals surface area contributed by atoms with Crippen LogP contribution in [-0.2, 0) is 16.1 Å². The van der Waals surface area contributed by atoms with Crippen LogP contribution in [0, 0.1) is 0 Å². The number of nitrogens with zero attached hydrogens (tertiary/aromatic N) is 2. The average Bonchev–Trinajstić information content (AvgIpc) is 2.84. The molecule has 0 aliphatic carbocycles. The van der Waals surface area contributed by atoms with E-state index in [1.165, 1.54) is 4.68 Å². The fraction of sp³-hybridized carbons (Fsp3) is 0.320. The van der Waals surface area contributed by atoms with E-state index in [1.807, 2.05) is 0 Å². The Bertz CT molecular complexity index is 1210. The summed E-state index contributed by atoms with van der Waals surface area (Å²) in [6, 6.07) is 13.1. The van der Waals surface area contributed by atoms with Gasteiger partial charge in [-0.25, -0.2) is 9.48 Å². The van der Waals surface area contributed by atoms with Crippen LogP contribution in [0.25, 0.3) is 10.8 Å². The lowest BCUT2D eigenvalue weighted by molar-refractivity contribution is -0.115. The molecule has 1 N–H and O–H groups in total. The summed E-state index contributed by atoms with van der Waals surface area (Å²) in [6.45, 7) is 3.74. The van der Waals surface area contributed by atoms with Crippen molar-refractivity contribution in [1.82, 2.24) is 9.78 Å². The standard InChI is InChI=1S/C25H27N3O5/c1-3-5-8-15-28-24(31)20-10-7-6-9-19(20)23(27-28)25(32)33-16-21(29)17-11-13-18(14-12-17)26-22(30)4-2/h6-7,9-14H,3-5,8,15-16H2,1-2H3,(H,26,30). The summed E-state index contributed by atoms with van der Waals surface area (Å²) >= 11 is 0. The maximum atomic E-state index is 12.8. The Morgan fingerprint density at radius 1 is 0.970 bits per heavy atom. The van der Waals surface area contributed by atoms with Gasteiger partial charge in [0.15, 0.2) is 18.1 Å². The Hall–Kier alpha value is -3.81. The summed E-state index contributed by atoms with van der Waals surface area (Å²) in [5.41, 5.74) is 0.674. The lowest BCUT2D eigenvalue weighted by Crippen LogP contribution is -2.27. The molecule has 0 bridgehead atoms. The van der Waals surface area contributed by atoms with Gasteiger partial charge in [0.05, 0.1) is 5.39 Å². The normalized spacial score (nSPS) is 10.7. The Morgan fingerprint density at radius 2 is 1.67 bits per heavy atom. The van der Waals surface area contributed by atoms with Crippen molar-refractivity contribution in [3.8, 4) is 0 Å². The van der Waals surface area contributed by atoms with E-state index in [0.717, 1.165) is 19.3 Å². The number of Topliss-reactive ketones (excluding diaryl/α,β-unsaturated/α-hetero) is 1. The number of rotatable bonds is 10. The van der Waals surface area contributed by atoms with Gasteiger partial charge in [-0.2, -0.15) is 5.10 Å². The molecule has 3 rings (SSSR count). The van der Waals surface area contributed by atoms with Crippen molar-refractivity contribution >= 4 is 34.1 Å². The molecular formula is C25H27N3O5. The molecule has 1 heterocycles. The molecule has 0 aliphatic rings. The van der Waals surface area contributed by atoms with Crippen molar-refractivity contribution in [2.45, 2.75) is 46.1 Å². The number of hydrogen-bond acceptors (Lipinski definition) is 6. The molecular weight excluding hydrogens is 422 g/mol. The number of carbonyl (C=O) groups excluding carboxylic acids is 3. The minimum atomic E-state index is -0.768. The number of benzene rings is 2. The van der Waals surface area contributed by atoms with Gasteiger partial charge in [-0.1, -0.05) is 44.9 Å². The number of esters is 1. The molecule has 1 amide bonds. The number of ether oxygens (including phenoxy) is 1. The highest BCUT2D eigenvalue weighted by Gasteiger charge is 2.19. The molecule has 0 unspecified atom stereocenters. The molecule has 0 saturated heterocycles. The minimum Gasteiger partial charge on any atom is -0.452 e. The van der Waals surface area contributed by atoms with Crippen molar-refractivity contribution in [2.75, 3.05) is 11.9 Å². The van der Waals surface area contributed by atoms with Crippen LogP contribution in [-0.4, -0.2) is 34.0 Å². The van der Waals surface area contributed by atoms with Crippen molar-refractivity contribution in [1.29, 1.82) is 0 Å². The van der Waals surface area contributed by atoms with Crippen LogP contribution >= 0.6 is 0 Å². The molecule has 8 heteroatoms. The number of amides is 1. The van der Waals surface area contributed by atoms with E-state index in [1.54, 1.807) is 55.5 Å². The number of fused-ring (bicyclic) bond motifs is 1. The summed E-state index contributed by atoms with van der Waals surface area (Å²) in [7, 11) is 0. The first-order chi connectivity index (χ1) is 15.9. The van der Waals surface area contributed by atoms with Gasteiger partial charge >= 0.3 is 5.97 Å². The van der Waals surface area contributed by atoms with E-state index in [4.69, 9.17) is 4.74 Å². The third-order valence-electron chi connectivity index (χ3n) is 5.18. The third kappa shape index (κ3) is 5.91. The van der Waals surface area contributed by atoms with E-state index >= 15 is 0 Å². The van der Waals surface area contributed by atoms with Gasteiger partial charge in [-0.05, 0) is 36.8 Å². The van der Waals surface area contributed by atoms with Gasteiger partial charge in [0.25, 0.3) is 5.56 Å². The fourth-order valence-corrected chi connectivity index (χ4v) is 3.32. The fourth-order valence-electron chi connectivity index (χ4n) is 3.32. The summed E-state index contributed by atoms with van der Waals surface area (Å²) in [6.07, 6.45) is 3.05. The Kier molecular flexibility index (Phi) is 8.07. The van der Waals surface area contributed by atoms with E-state index in [2.05, 4.69) is 17.3 Å². The van der Waals surface area contributed by atoms with E-state index in [0.29, 0.717) is 35.0 Å². The number of carbonyl (C=O) groups is 3. The molecule has 0 fully saturated rings. The zero-order valence-electron chi connectivity index (χ0n) is 18.8. The molecule has 33 heavy (non-hydrogen) atoms. The predicted octanol–water partition coefficient (Wildman–Crippen LogP) is 3.97. The number of aryl methyl sites for hydroxylation is 1. The smallest absolute Gasteiger partial charge is 0.359 e. The topological polar surface area (TPSA) is 107 Å². The Labute approximate surface area is 191 Å². The Balaban J connectivity index is 1.75. The van der Waals surface area contributed by atoms with E-state index in [-0.39, 0.29) is 17.2 Å². The molecule has 0 radical (unpaired) electrons. The van der Waals surface area contributed by atoms with Gasteiger partial charge in [-0.15, -0.1) is 0 Å². The van der Waals surface area contributed by atoms with Crippen LogP contribution in [0.15, 0.2) is 53.3 Å². The summed E-state index contributed by atoms with van der Waals surface area (Å²) < 4.78 is 6.54. The molecule has 0 spiro atoms. The minimum absolute atomic E-state index is 0.00660. The Morgan fingerprint density at radius 3 is 2.33 bits per heavy atom. The quantitative estimate of drug-likeness (QED) is 0.285. The molecule has 0 atom stereocenters. The zero-order valence-corrected chi connectivity index (χ0v) is 18.8. The second-order valence-corrected chi connectivity index (χ2v) is 7.61. The number of ketones is 1. The van der Waals surface area contributed by atoms with Gasteiger partial charge in [0.1, 0.15) is 0 Å². The monoisotopic (exact) mass is 449 g/mol. The zero-order chi connectivity index (χ0) is 23.8. The summed E-state index contributed by atoms with van der Waals surface area (Å²) in [5.74, 6) is -1.29. The summed E-state index contributed by atoms with van der Waals surface area (Å²) in [4.78, 5) is 49.5. The first kappa shape index (κ1) is 23.8. The van der Waals surface area contributed by atoms with Crippen LogP contribution in [0.5, 0.6) is 0 Å². The molecule has 1 aromatic heterocycles. The van der Waals surface area contributed by atoms with Crippen molar-refractivity contribution in [3.05, 3.63) is 70.1 Å². The highest BCUT2D eigenvalue weighted by atomic mass is 16.5. The number of hydrogen-bond donors (Lipinski definition) is 1. The van der Waals surface area contributed by atoms with Crippen molar-refractivity contribution < 1.29 is 19.1 Å². The third-order valence-corrected chi connectivity index (χ3v) is 5.18. The van der Waals surface area contributed by atoms with E-state index < -0.39 is 18.4 Å². The first-order valence-electron chi connectivity index (χ1n) is 11.0. The molecule has 8 nitrogen and oxygen atoms in total. The average molecular weight is 450 g/mol. The molecule has 3 aromatic rings. The second-order valence-electron chi connectivity index (χ2n) is 7.61. The van der Waals surface area contributed by atoms with Crippen LogP contribution in [0.2, 0.25) is 0 Å². The summed E-state index contributed by atoms with van der Waals surface area (Å²) in [5, 5.41) is 7.72. The maximum Gasteiger partial charge on any atom is 0.359 e. The second kappa shape index (κ2) is 11.2. The lowest BCUT2D eigenvalue weighted by Gasteiger charge is -2.11. The molecule has 2 aromatic carbocycles. The highest BCUT2D eigenvalue weighted by Crippen LogP contribution is 2.15. The first-order valence-corrected chi connectivity index (χ1v) is 11.0. The lowest BCUT2D eigenvalue weighted by atomic mass is 10.1. The number of anilines is 1. The van der Waals surface area contributed by atoms with E-state index in [9.17, 15) is 19.2 Å². The number of nitrogens with one attached hydrogen (secondary N) is 1. The van der Waals surface area contributed by atoms with Crippen LogP contribution in [0.1, 0.15) is 60.4 Å².